The zero-order valence-electron chi connectivity index (χ0n) is 6.90. The number of nitrogens with one attached hydrogen (secondary N) is 1. The van der Waals surface area contributed by atoms with Gasteiger partial charge in [-0.3, -0.25) is 4.79 Å². The highest BCUT2D eigenvalue weighted by Gasteiger charge is 2.27. The first-order chi connectivity index (χ1) is 5.85. The van der Waals surface area contributed by atoms with Crippen molar-refractivity contribution in [3.63, 3.8) is 0 Å². The number of hydrogen-bond acceptors (Lipinski definition) is 3. The second kappa shape index (κ2) is 5.03. The maximum Gasteiger partial charge on any atom is 0.401 e. The van der Waals surface area contributed by atoms with Crippen LogP contribution in [0.2, 0.25) is 0 Å². The number of halogens is 3. The molecule has 1 atom stereocenters. The van der Waals surface area contributed by atoms with Crippen LogP contribution < -0.4 is 16.8 Å². The fraction of sp³-hybridized carbons (Fsp3) is 0.833. The lowest BCUT2D eigenvalue weighted by molar-refractivity contribution is -0.128. The molecule has 0 saturated carbocycles. The quantitative estimate of drug-likeness (QED) is 0.550. The van der Waals surface area contributed by atoms with E-state index in [0.717, 1.165) is 0 Å². The van der Waals surface area contributed by atoms with Gasteiger partial charge >= 0.3 is 6.18 Å². The van der Waals surface area contributed by atoms with Crippen molar-refractivity contribution in [2.45, 2.75) is 18.6 Å². The summed E-state index contributed by atoms with van der Waals surface area (Å²) in [5.41, 5.74) is 9.91. The number of primary amides is 1. The first-order valence-corrected chi connectivity index (χ1v) is 3.63. The molecule has 0 heterocycles. The Morgan fingerprint density at radius 3 is 2.31 bits per heavy atom. The van der Waals surface area contributed by atoms with Gasteiger partial charge in [0.05, 0.1) is 6.54 Å². The van der Waals surface area contributed by atoms with Crippen molar-refractivity contribution in [3.05, 3.63) is 0 Å². The van der Waals surface area contributed by atoms with Crippen molar-refractivity contribution in [2.24, 2.45) is 11.5 Å². The fourth-order valence-electron chi connectivity index (χ4n) is 0.742. The Kier molecular flexibility index (Phi) is 4.71. The van der Waals surface area contributed by atoms with Gasteiger partial charge in [-0.05, 0) is 0 Å². The molecule has 13 heavy (non-hydrogen) atoms. The van der Waals surface area contributed by atoms with Crippen molar-refractivity contribution in [1.82, 2.24) is 5.32 Å². The normalized spacial score (nSPS) is 14.2. The van der Waals surface area contributed by atoms with Crippen LogP contribution in [-0.2, 0) is 4.79 Å². The molecular weight excluding hydrogens is 187 g/mol. The Balaban J connectivity index is 3.79. The lowest BCUT2D eigenvalue weighted by Gasteiger charge is -2.16. The molecule has 0 aromatic heterocycles. The molecule has 0 aliphatic rings. The number of amides is 1. The van der Waals surface area contributed by atoms with E-state index in [2.05, 4.69) is 5.32 Å². The molecule has 0 fully saturated rings. The number of alkyl halides is 3. The highest BCUT2D eigenvalue weighted by molar-refractivity contribution is 5.74. The average molecular weight is 199 g/mol. The second-order valence-electron chi connectivity index (χ2n) is 2.60. The third-order valence-corrected chi connectivity index (χ3v) is 1.32. The van der Waals surface area contributed by atoms with Crippen LogP contribution in [-0.4, -0.2) is 31.2 Å². The van der Waals surface area contributed by atoms with Crippen molar-refractivity contribution in [1.29, 1.82) is 0 Å². The minimum absolute atomic E-state index is 0.0565. The maximum atomic E-state index is 11.7. The van der Waals surface area contributed by atoms with E-state index in [9.17, 15) is 18.0 Å². The molecule has 0 aromatic carbocycles. The van der Waals surface area contributed by atoms with Crippen molar-refractivity contribution < 1.29 is 18.0 Å². The first kappa shape index (κ1) is 12.2. The minimum atomic E-state index is -4.30. The molecule has 0 spiro atoms. The molecule has 7 heteroatoms. The third-order valence-electron chi connectivity index (χ3n) is 1.32. The van der Waals surface area contributed by atoms with Crippen molar-refractivity contribution >= 4 is 5.91 Å². The summed E-state index contributed by atoms with van der Waals surface area (Å²) in [5.74, 6) is -0.676. The molecule has 0 aliphatic carbocycles. The lowest BCUT2D eigenvalue weighted by atomic mass is 10.2. The van der Waals surface area contributed by atoms with E-state index in [4.69, 9.17) is 11.5 Å². The molecule has 5 N–H and O–H groups in total. The van der Waals surface area contributed by atoms with Gasteiger partial charge in [-0.2, -0.15) is 13.2 Å². The summed E-state index contributed by atoms with van der Waals surface area (Å²) < 4.78 is 35.0. The Bertz CT molecular complexity index is 171. The summed E-state index contributed by atoms with van der Waals surface area (Å²) in [5, 5.41) is 2.09. The van der Waals surface area contributed by atoms with Gasteiger partial charge in [0.15, 0.2) is 0 Å². The molecule has 0 bridgehead atoms. The molecule has 0 aliphatic heterocycles. The summed E-state index contributed by atoms with van der Waals surface area (Å²) in [4.78, 5) is 10.3. The zero-order chi connectivity index (χ0) is 10.5. The van der Waals surface area contributed by atoms with E-state index in [0.29, 0.717) is 0 Å². The highest BCUT2D eigenvalue weighted by atomic mass is 19.4. The second-order valence-corrected chi connectivity index (χ2v) is 2.60. The molecule has 0 aromatic rings. The topological polar surface area (TPSA) is 81.1 Å². The number of carbonyl (C=O) groups is 1. The van der Waals surface area contributed by atoms with Crippen LogP contribution in [0.3, 0.4) is 0 Å². The Labute approximate surface area is 73.5 Å². The predicted octanol–water partition coefficient (Wildman–Crippen LogP) is -0.659. The molecule has 1 amide bonds. The smallest absolute Gasteiger partial charge is 0.370 e. The summed E-state index contributed by atoms with van der Waals surface area (Å²) in [6, 6.07) is -0.709. The molecule has 4 nitrogen and oxygen atoms in total. The standard InChI is InChI=1S/C6H12F3N3O/c7-6(8,9)3-12-4(2-10)1-5(11)13/h4,12H,1-3,10H2,(H2,11,13). The molecule has 0 saturated heterocycles. The maximum absolute atomic E-state index is 11.7. The summed E-state index contributed by atoms with van der Waals surface area (Å²) in [6.45, 7) is -1.22. The minimum Gasteiger partial charge on any atom is -0.370 e. The molecule has 78 valence electrons. The Hall–Kier alpha value is -0.820. The van der Waals surface area contributed by atoms with Gasteiger partial charge in [0, 0.05) is 19.0 Å². The number of rotatable bonds is 5. The number of nitrogens with two attached hydrogens (primary N) is 2. The van der Waals surface area contributed by atoms with Gasteiger partial charge in [-0.25, -0.2) is 0 Å². The van der Waals surface area contributed by atoms with E-state index in [1.54, 1.807) is 0 Å². The van der Waals surface area contributed by atoms with Crippen LogP contribution in [0.4, 0.5) is 13.2 Å². The molecule has 0 radical (unpaired) electrons. The molecule has 0 rings (SSSR count). The summed E-state index contributed by atoms with van der Waals surface area (Å²) in [7, 11) is 0. The average Bonchev–Trinajstić information content (AvgIpc) is 1.95. The molecule has 1 unspecified atom stereocenters. The summed E-state index contributed by atoms with van der Waals surface area (Å²) in [6.07, 6.45) is -4.49. The monoisotopic (exact) mass is 199 g/mol. The third kappa shape index (κ3) is 7.54. The van der Waals surface area contributed by atoms with Crippen LogP contribution in [0.1, 0.15) is 6.42 Å². The van der Waals surface area contributed by atoms with Crippen LogP contribution in [0.25, 0.3) is 0 Å². The lowest BCUT2D eigenvalue weighted by Crippen LogP contribution is -2.43. The zero-order valence-corrected chi connectivity index (χ0v) is 6.90. The van der Waals surface area contributed by atoms with Gasteiger partial charge in [0.25, 0.3) is 0 Å². The van der Waals surface area contributed by atoms with Gasteiger partial charge in [-0.1, -0.05) is 0 Å². The SMILES string of the molecule is NCC(CC(N)=O)NCC(F)(F)F. The van der Waals surface area contributed by atoms with E-state index in [1.165, 1.54) is 0 Å². The van der Waals surface area contributed by atoms with E-state index < -0.39 is 24.7 Å². The van der Waals surface area contributed by atoms with E-state index in [-0.39, 0.29) is 13.0 Å². The Morgan fingerprint density at radius 2 is 2.00 bits per heavy atom. The number of hydrogen-bond donors (Lipinski definition) is 3. The van der Waals surface area contributed by atoms with Gasteiger partial charge in [0.1, 0.15) is 0 Å². The van der Waals surface area contributed by atoms with Crippen molar-refractivity contribution in [3.8, 4) is 0 Å². The van der Waals surface area contributed by atoms with Crippen LogP contribution >= 0.6 is 0 Å². The number of carbonyl (C=O) groups excluding carboxylic acids is 1. The highest BCUT2D eigenvalue weighted by Crippen LogP contribution is 2.12. The van der Waals surface area contributed by atoms with Crippen molar-refractivity contribution in [2.75, 3.05) is 13.1 Å². The van der Waals surface area contributed by atoms with Gasteiger partial charge in [0.2, 0.25) is 5.91 Å². The van der Waals surface area contributed by atoms with Gasteiger partial charge in [-0.15, -0.1) is 0 Å². The predicted molar refractivity (Wildman–Crippen MR) is 40.7 cm³/mol. The summed E-state index contributed by atoms with van der Waals surface area (Å²) >= 11 is 0. The van der Waals surface area contributed by atoms with Crippen LogP contribution in [0.15, 0.2) is 0 Å². The van der Waals surface area contributed by atoms with E-state index in [1.807, 2.05) is 0 Å². The van der Waals surface area contributed by atoms with Gasteiger partial charge < -0.3 is 16.8 Å². The molecular formula is C6H12F3N3O. The fourth-order valence-corrected chi connectivity index (χ4v) is 0.742. The Morgan fingerprint density at radius 1 is 1.46 bits per heavy atom. The van der Waals surface area contributed by atoms with Crippen LogP contribution in [0.5, 0.6) is 0 Å². The first-order valence-electron chi connectivity index (χ1n) is 3.63. The largest absolute Gasteiger partial charge is 0.401 e. The van der Waals surface area contributed by atoms with E-state index >= 15 is 0 Å². The van der Waals surface area contributed by atoms with Crippen LogP contribution in [0, 0.1) is 0 Å².